The molecule has 0 amide bonds. The molecule has 1 N–H and O–H groups in total. The van der Waals surface area contributed by atoms with E-state index in [1.165, 1.54) is 17.8 Å². The Morgan fingerprint density at radius 3 is 2.57 bits per heavy atom. The minimum atomic E-state index is -4.36. The average Bonchev–Trinajstić information content (AvgIpc) is 2.42. The Hall–Kier alpha value is -1.05. The fourth-order valence-corrected chi connectivity index (χ4v) is 3.12. The maximum atomic E-state index is 12.5. The van der Waals surface area contributed by atoms with Crippen molar-refractivity contribution < 1.29 is 13.2 Å². The number of hydrogen-bond acceptors (Lipinski definition) is 3. The highest BCUT2D eigenvalue weighted by Crippen LogP contribution is 2.34. The van der Waals surface area contributed by atoms with Crippen LogP contribution in [-0.2, 0) is 12.7 Å². The van der Waals surface area contributed by atoms with Gasteiger partial charge in [-0.25, -0.2) is 4.98 Å². The molecule has 7 heteroatoms. The zero-order valence-electron chi connectivity index (χ0n) is 11.0. The summed E-state index contributed by atoms with van der Waals surface area (Å²) in [5, 5.41) is 3.59. The summed E-state index contributed by atoms with van der Waals surface area (Å²) in [7, 11) is 1.84. The van der Waals surface area contributed by atoms with Crippen LogP contribution in [0, 0.1) is 0 Å². The number of aromatic nitrogens is 1. The number of alkyl halides is 3. The van der Waals surface area contributed by atoms with Gasteiger partial charge >= 0.3 is 6.18 Å². The lowest BCUT2D eigenvalue weighted by molar-refractivity contribution is -0.137. The molecule has 1 aromatic heterocycles. The van der Waals surface area contributed by atoms with Gasteiger partial charge in [-0.2, -0.15) is 13.2 Å². The quantitative estimate of drug-likeness (QED) is 0.834. The van der Waals surface area contributed by atoms with Crippen molar-refractivity contribution in [3.63, 3.8) is 0 Å². The average molecular weight is 377 g/mol. The van der Waals surface area contributed by atoms with Gasteiger partial charge in [-0.15, -0.1) is 0 Å². The normalized spacial score (nSPS) is 11.7. The Morgan fingerprint density at radius 1 is 1.24 bits per heavy atom. The third-order valence-corrected chi connectivity index (χ3v) is 4.22. The molecule has 0 radical (unpaired) electrons. The van der Waals surface area contributed by atoms with E-state index in [-0.39, 0.29) is 0 Å². The van der Waals surface area contributed by atoms with Crippen LogP contribution in [0.3, 0.4) is 0 Å². The lowest BCUT2D eigenvalue weighted by Gasteiger charge is -2.10. The molecule has 2 aromatic rings. The predicted molar refractivity (Wildman–Crippen MR) is 80.3 cm³/mol. The maximum absolute atomic E-state index is 12.5. The van der Waals surface area contributed by atoms with Crippen molar-refractivity contribution in [2.75, 3.05) is 7.05 Å². The Labute approximate surface area is 133 Å². The summed E-state index contributed by atoms with van der Waals surface area (Å²) in [5.41, 5.74) is 0.323. The minimum absolute atomic E-state index is 0.526. The van der Waals surface area contributed by atoms with Crippen LogP contribution in [0.4, 0.5) is 13.2 Å². The molecule has 0 aliphatic rings. The molecule has 0 atom stereocenters. The van der Waals surface area contributed by atoms with Gasteiger partial charge in [0.2, 0.25) is 0 Å². The van der Waals surface area contributed by atoms with Gasteiger partial charge in [0.25, 0.3) is 0 Å². The Balaban J connectivity index is 2.23. The first-order valence-corrected chi connectivity index (χ1v) is 7.65. The standard InChI is InChI=1S/C14H12BrF3N2S/c1-19-7-9-2-4-11(15)6-12(9)21-13-5-3-10(8-20-13)14(16,17)18/h2-6,8,19H,7H2,1H3. The number of rotatable bonds is 4. The van der Waals surface area contributed by atoms with Crippen LogP contribution in [0.15, 0.2) is 50.9 Å². The van der Waals surface area contributed by atoms with Crippen molar-refractivity contribution >= 4 is 27.7 Å². The van der Waals surface area contributed by atoms with Crippen LogP contribution in [0.25, 0.3) is 0 Å². The van der Waals surface area contributed by atoms with Gasteiger partial charge in [0.05, 0.1) is 5.56 Å². The molecular formula is C14H12BrF3N2S. The zero-order valence-corrected chi connectivity index (χ0v) is 13.4. The van der Waals surface area contributed by atoms with Crippen molar-refractivity contribution in [2.24, 2.45) is 0 Å². The molecule has 0 saturated heterocycles. The van der Waals surface area contributed by atoms with Crippen LogP contribution in [0.2, 0.25) is 0 Å². The number of pyridine rings is 1. The SMILES string of the molecule is CNCc1ccc(Br)cc1Sc1ccc(C(F)(F)F)cn1. The lowest BCUT2D eigenvalue weighted by Crippen LogP contribution is -2.06. The summed E-state index contributed by atoms with van der Waals surface area (Å²) in [4.78, 5) is 4.83. The van der Waals surface area contributed by atoms with E-state index >= 15 is 0 Å². The second kappa shape index (κ2) is 6.81. The fraction of sp³-hybridized carbons (Fsp3) is 0.214. The van der Waals surface area contributed by atoms with Crippen LogP contribution < -0.4 is 5.32 Å². The fourth-order valence-electron chi connectivity index (χ4n) is 1.68. The minimum Gasteiger partial charge on any atom is -0.316 e. The summed E-state index contributed by atoms with van der Waals surface area (Å²) in [6.45, 7) is 0.677. The van der Waals surface area contributed by atoms with E-state index in [1.807, 2.05) is 25.2 Å². The summed E-state index contributed by atoms with van der Waals surface area (Å²) in [6, 6.07) is 8.25. The molecule has 0 bridgehead atoms. The van der Waals surface area contributed by atoms with Crippen molar-refractivity contribution in [3.05, 3.63) is 52.1 Å². The Morgan fingerprint density at radius 2 is 2.00 bits per heavy atom. The van der Waals surface area contributed by atoms with Gasteiger partial charge in [0, 0.05) is 22.1 Å². The molecule has 2 nitrogen and oxygen atoms in total. The molecule has 112 valence electrons. The highest BCUT2D eigenvalue weighted by atomic mass is 79.9. The molecule has 0 fully saturated rings. The van der Waals surface area contributed by atoms with E-state index in [9.17, 15) is 13.2 Å². The molecule has 1 aromatic carbocycles. The number of nitrogens with zero attached hydrogens (tertiary/aromatic N) is 1. The van der Waals surface area contributed by atoms with Gasteiger partial charge in [0.15, 0.2) is 0 Å². The smallest absolute Gasteiger partial charge is 0.316 e. The Bertz CT molecular complexity index is 615. The number of nitrogens with one attached hydrogen (secondary N) is 1. The van der Waals surface area contributed by atoms with Crippen LogP contribution in [0.5, 0.6) is 0 Å². The van der Waals surface area contributed by atoms with Crippen LogP contribution in [0.1, 0.15) is 11.1 Å². The van der Waals surface area contributed by atoms with E-state index < -0.39 is 11.7 Å². The van der Waals surface area contributed by atoms with Gasteiger partial charge in [-0.05, 0) is 36.9 Å². The summed E-state index contributed by atoms with van der Waals surface area (Å²) >= 11 is 4.73. The van der Waals surface area contributed by atoms with Crippen molar-refractivity contribution in [1.82, 2.24) is 10.3 Å². The number of hydrogen-bond donors (Lipinski definition) is 1. The third kappa shape index (κ3) is 4.46. The molecular weight excluding hydrogens is 365 g/mol. The van der Waals surface area contributed by atoms with Crippen LogP contribution in [-0.4, -0.2) is 12.0 Å². The number of benzene rings is 1. The second-order valence-corrected chi connectivity index (χ2v) is 6.25. The van der Waals surface area contributed by atoms with Crippen molar-refractivity contribution in [1.29, 1.82) is 0 Å². The molecule has 2 rings (SSSR count). The summed E-state index contributed by atoms with van der Waals surface area (Å²) in [6.07, 6.45) is -3.50. The molecule has 0 aliphatic heterocycles. The first-order chi connectivity index (χ1) is 9.90. The van der Waals surface area contributed by atoms with Gasteiger partial charge in [-0.3, -0.25) is 0 Å². The first-order valence-electron chi connectivity index (χ1n) is 6.04. The van der Waals surface area contributed by atoms with E-state index in [0.717, 1.165) is 27.2 Å². The van der Waals surface area contributed by atoms with E-state index in [2.05, 4.69) is 26.2 Å². The third-order valence-electron chi connectivity index (χ3n) is 2.67. The Kier molecular flexibility index (Phi) is 5.29. The van der Waals surface area contributed by atoms with Crippen LogP contribution >= 0.6 is 27.7 Å². The highest BCUT2D eigenvalue weighted by Gasteiger charge is 2.30. The summed E-state index contributed by atoms with van der Waals surface area (Å²) < 4.78 is 38.4. The second-order valence-electron chi connectivity index (χ2n) is 4.27. The van der Waals surface area contributed by atoms with E-state index in [1.54, 1.807) is 0 Å². The van der Waals surface area contributed by atoms with Crippen molar-refractivity contribution in [3.8, 4) is 0 Å². The maximum Gasteiger partial charge on any atom is 0.417 e. The molecule has 21 heavy (non-hydrogen) atoms. The molecule has 0 unspecified atom stereocenters. The monoisotopic (exact) mass is 376 g/mol. The first kappa shape index (κ1) is 16.3. The topological polar surface area (TPSA) is 24.9 Å². The largest absolute Gasteiger partial charge is 0.417 e. The molecule has 0 aliphatic carbocycles. The van der Waals surface area contributed by atoms with Gasteiger partial charge in [-0.1, -0.05) is 33.8 Å². The summed E-state index contributed by atoms with van der Waals surface area (Å²) in [5.74, 6) is 0. The van der Waals surface area contributed by atoms with Gasteiger partial charge in [0.1, 0.15) is 5.03 Å². The lowest BCUT2D eigenvalue weighted by atomic mass is 10.2. The highest BCUT2D eigenvalue weighted by molar-refractivity contribution is 9.10. The van der Waals surface area contributed by atoms with E-state index in [0.29, 0.717) is 11.6 Å². The molecule has 0 spiro atoms. The van der Waals surface area contributed by atoms with Crippen molar-refractivity contribution in [2.45, 2.75) is 22.6 Å². The molecule has 0 saturated carbocycles. The predicted octanol–water partition coefficient (Wildman–Crippen LogP) is 4.73. The molecule has 1 heterocycles. The zero-order chi connectivity index (χ0) is 15.5. The number of halogens is 4. The van der Waals surface area contributed by atoms with Gasteiger partial charge < -0.3 is 5.32 Å². The van der Waals surface area contributed by atoms with E-state index in [4.69, 9.17) is 0 Å².